The Morgan fingerprint density at radius 2 is 2.43 bits per heavy atom. The molecule has 14 heavy (non-hydrogen) atoms. The summed E-state index contributed by atoms with van der Waals surface area (Å²) in [5, 5.41) is 6.79. The van der Waals surface area contributed by atoms with Gasteiger partial charge in [0.15, 0.2) is 11.4 Å². The SMILES string of the molecule is CNCC(=O)c1cccc2ncnn12. The maximum Gasteiger partial charge on any atom is 0.195 e. The molecule has 5 heteroatoms. The average molecular weight is 190 g/mol. The molecule has 0 aliphatic heterocycles. The van der Waals surface area contributed by atoms with Crippen LogP contribution in [0.4, 0.5) is 0 Å². The number of carbonyl (C=O) groups excluding carboxylic acids is 1. The maximum absolute atomic E-state index is 11.6. The minimum Gasteiger partial charge on any atom is -0.313 e. The maximum atomic E-state index is 11.6. The summed E-state index contributed by atoms with van der Waals surface area (Å²) in [5.74, 6) is 0.00333. The van der Waals surface area contributed by atoms with Gasteiger partial charge in [0, 0.05) is 0 Å². The van der Waals surface area contributed by atoms with E-state index in [2.05, 4.69) is 15.4 Å². The van der Waals surface area contributed by atoms with Crippen molar-refractivity contribution in [3.05, 3.63) is 30.2 Å². The summed E-state index contributed by atoms with van der Waals surface area (Å²) in [7, 11) is 1.74. The molecule has 2 rings (SSSR count). The molecule has 0 fully saturated rings. The van der Waals surface area contributed by atoms with Gasteiger partial charge in [0.2, 0.25) is 0 Å². The fourth-order valence-electron chi connectivity index (χ4n) is 1.31. The van der Waals surface area contributed by atoms with Gasteiger partial charge in [-0.1, -0.05) is 6.07 Å². The van der Waals surface area contributed by atoms with Crippen molar-refractivity contribution in [2.45, 2.75) is 0 Å². The first-order valence-electron chi connectivity index (χ1n) is 4.29. The second-order valence-electron chi connectivity index (χ2n) is 2.89. The highest BCUT2D eigenvalue weighted by Gasteiger charge is 2.09. The highest BCUT2D eigenvalue weighted by atomic mass is 16.1. The van der Waals surface area contributed by atoms with Crippen LogP contribution in [0, 0.1) is 0 Å². The monoisotopic (exact) mass is 190 g/mol. The molecule has 5 nitrogen and oxygen atoms in total. The Bertz CT molecular complexity index is 463. The lowest BCUT2D eigenvalue weighted by Crippen LogP contribution is -2.21. The van der Waals surface area contributed by atoms with Crippen LogP contribution < -0.4 is 5.32 Å². The summed E-state index contributed by atoms with van der Waals surface area (Å²) >= 11 is 0. The van der Waals surface area contributed by atoms with Crippen molar-refractivity contribution < 1.29 is 4.79 Å². The minimum atomic E-state index is 0.00333. The highest BCUT2D eigenvalue weighted by Crippen LogP contribution is 2.03. The van der Waals surface area contributed by atoms with Crippen molar-refractivity contribution in [1.29, 1.82) is 0 Å². The molecular formula is C9H10N4O. The van der Waals surface area contributed by atoms with Crippen molar-refractivity contribution >= 4 is 11.4 Å². The standard InChI is InChI=1S/C9H10N4O/c1-10-5-8(14)7-3-2-4-9-11-6-12-13(7)9/h2-4,6,10H,5H2,1H3. The molecule has 2 aromatic rings. The Kier molecular flexibility index (Phi) is 2.24. The number of hydrogen-bond donors (Lipinski definition) is 1. The zero-order chi connectivity index (χ0) is 9.97. The van der Waals surface area contributed by atoms with Crippen LogP contribution in [0.3, 0.4) is 0 Å². The highest BCUT2D eigenvalue weighted by molar-refractivity contribution is 5.96. The van der Waals surface area contributed by atoms with E-state index >= 15 is 0 Å². The van der Waals surface area contributed by atoms with E-state index in [9.17, 15) is 4.79 Å². The number of carbonyl (C=O) groups is 1. The molecule has 2 heterocycles. The summed E-state index contributed by atoms with van der Waals surface area (Å²) in [4.78, 5) is 15.6. The number of rotatable bonds is 3. The number of fused-ring (bicyclic) bond motifs is 1. The van der Waals surface area contributed by atoms with Crippen molar-refractivity contribution in [2.24, 2.45) is 0 Å². The Balaban J connectivity index is 2.50. The van der Waals surface area contributed by atoms with Crippen molar-refractivity contribution in [1.82, 2.24) is 19.9 Å². The molecule has 0 bridgehead atoms. The Morgan fingerprint density at radius 3 is 3.21 bits per heavy atom. The van der Waals surface area contributed by atoms with Gasteiger partial charge in [-0.2, -0.15) is 5.10 Å². The summed E-state index contributed by atoms with van der Waals surface area (Å²) in [6.45, 7) is 0.305. The van der Waals surface area contributed by atoms with Gasteiger partial charge in [0.25, 0.3) is 0 Å². The van der Waals surface area contributed by atoms with Gasteiger partial charge in [0.1, 0.15) is 12.0 Å². The van der Waals surface area contributed by atoms with Crippen molar-refractivity contribution in [3.63, 3.8) is 0 Å². The molecule has 72 valence electrons. The Hall–Kier alpha value is -1.75. The van der Waals surface area contributed by atoms with Crippen LogP contribution in [0.25, 0.3) is 5.65 Å². The molecule has 0 unspecified atom stereocenters. The van der Waals surface area contributed by atoms with Gasteiger partial charge in [0.05, 0.1) is 6.54 Å². The lowest BCUT2D eigenvalue weighted by molar-refractivity contribution is 0.0986. The fraction of sp³-hybridized carbons (Fsp3) is 0.222. The van der Waals surface area contributed by atoms with E-state index in [0.29, 0.717) is 17.9 Å². The first-order chi connectivity index (χ1) is 6.83. The predicted octanol–water partition coefficient (Wildman–Crippen LogP) is 0.131. The molecule has 0 amide bonds. The zero-order valence-corrected chi connectivity index (χ0v) is 7.77. The number of aromatic nitrogens is 3. The van der Waals surface area contributed by atoms with Gasteiger partial charge in [-0.05, 0) is 19.2 Å². The molecule has 0 aromatic carbocycles. The molecule has 0 aliphatic rings. The summed E-state index contributed by atoms with van der Waals surface area (Å²) in [6.07, 6.45) is 1.44. The molecule has 0 saturated heterocycles. The van der Waals surface area contributed by atoms with Crippen LogP contribution in [0.1, 0.15) is 10.5 Å². The molecule has 0 aliphatic carbocycles. The van der Waals surface area contributed by atoms with Crippen molar-refractivity contribution in [2.75, 3.05) is 13.6 Å². The number of hydrogen-bond acceptors (Lipinski definition) is 4. The zero-order valence-electron chi connectivity index (χ0n) is 7.77. The van der Waals surface area contributed by atoms with Gasteiger partial charge in [-0.15, -0.1) is 0 Å². The molecule has 0 atom stereocenters. The number of pyridine rings is 1. The van der Waals surface area contributed by atoms with E-state index in [0.717, 1.165) is 0 Å². The Morgan fingerprint density at radius 1 is 1.57 bits per heavy atom. The van der Waals surface area contributed by atoms with Gasteiger partial charge >= 0.3 is 0 Å². The molecule has 0 spiro atoms. The van der Waals surface area contributed by atoms with E-state index in [-0.39, 0.29) is 5.78 Å². The van der Waals surface area contributed by atoms with E-state index in [1.165, 1.54) is 6.33 Å². The molecule has 0 radical (unpaired) electrons. The average Bonchev–Trinajstić information content (AvgIpc) is 2.65. The number of Topliss-reactive ketones (excluding diaryl/α,β-unsaturated/α-hetero) is 1. The second-order valence-corrected chi connectivity index (χ2v) is 2.89. The molecule has 1 N–H and O–H groups in total. The van der Waals surface area contributed by atoms with E-state index in [1.54, 1.807) is 23.7 Å². The third-order valence-electron chi connectivity index (χ3n) is 1.92. The fourth-order valence-corrected chi connectivity index (χ4v) is 1.31. The van der Waals surface area contributed by atoms with Crippen LogP contribution in [0.5, 0.6) is 0 Å². The predicted molar refractivity (Wildman–Crippen MR) is 51.2 cm³/mol. The van der Waals surface area contributed by atoms with E-state index in [4.69, 9.17) is 0 Å². The normalized spacial score (nSPS) is 10.6. The third kappa shape index (κ3) is 1.38. The number of nitrogens with zero attached hydrogens (tertiary/aromatic N) is 3. The van der Waals surface area contributed by atoms with Crippen molar-refractivity contribution in [3.8, 4) is 0 Å². The lowest BCUT2D eigenvalue weighted by Gasteiger charge is -2.01. The minimum absolute atomic E-state index is 0.00333. The van der Waals surface area contributed by atoms with Gasteiger partial charge in [-0.3, -0.25) is 4.79 Å². The molecule has 0 saturated carbocycles. The van der Waals surface area contributed by atoms with Gasteiger partial charge < -0.3 is 5.32 Å². The number of likely N-dealkylation sites (N-methyl/N-ethyl adjacent to an activating group) is 1. The second kappa shape index (κ2) is 3.55. The summed E-state index contributed by atoms with van der Waals surface area (Å²) in [5.41, 5.74) is 1.24. The summed E-state index contributed by atoms with van der Waals surface area (Å²) in [6, 6.07) is 5.34. The smallest absolute Gasteiger partial charge is 0.195 e. The van der Waals surface area contributed by atoms with Crippen LogP contribution in [0.15, 0.2) is 24.5 Å². The topological polar surface area (TPSA) is 59.3 Å². The van der Waals surface area contributed by atoms with Crippen LogP contribution in [-0.2, 0) is 0 Å². The molecular weight excluding hydrogens is 180 g/mol. The van der Waals surface area contributed by atoms with Crippen LogP contribution >= 0.6 is 0 Å². The number of ketones is 1. The lowest BCUT2D eigenvalue weighted by atomic mass is 10.2. The van der Waals surface area contributed by atoms with Gasteiger partial charge in [-0.25, -0.2) is 9.50 Å². The first-order valence-corrected chi connectivity index (χ1v) is 4.29. The summed E-state index contributed by atoms with van der Waals surface area (Å²) < 4.78 is 1.54. The van der Waals surface area contributed by atoms with E-state index in [1.807, 2.05) is 6.07 Å². The third-order valence-corrected chi connectivity index (χ3v) is 1.92. The molecule has 2 aromatic heterocycles. The quantitative estimate of drug-likeness (QED) is 0.699. The largest absolute Gasteiger partial charge is 0.313 e. The number of nitrogens with one attached hydrogen (secondary N) is 1. The first kappa shape index (κ1) is 8.83. The van der Waals surface area contributed by atoms with E-state index < -0.39 is 0 Å². The Labute approximate surface area is 80.8 Å². The van der Waals surface area contributed by atoms with Crippen LogP contribution in [0.2, 0.25) is 0 Å². The van der Waals surface area contributed by atoms with Crippen LogP contribution in [-0.4, -0.2) is 34.0 Å².